The lowest BCUT2D eigenvalue weighted by atomic mass is 10.1. The van der Waals surface area contributed by atoms with Crippen LogP contribution >= 0.6 is 11.3 Å². The number of nitrogens with zero attached hydrogens (tertiary/aromatic N) is 2. The minimum absolute atomic E-state index is 0.217. The molecule has 4 nitrogen and oxygen atoms in total. The number of pyridine rings is 1. The quantitative estimate of drug-likeness (QED) is 0.411. The van der Waals surface area contributed by atoms with Crippen molar-refractivity contribution in [3.8, 4) is 11.3 Å². The van der Waals surface area contributed by atoms with Gasteiger partial charge in [0.05, 0.1) is 21.4 Å². The molecule has 0 bridgehead atoms. The van der Waals surface area contributed by atoms with E-state index < -0.39 is 0 Å². The van der Waals surface area contributed by atoms with Crippen LogP contribution in [0.3, 0.4) is 0 Å². The standard InChI is InChI=1S/C23H14FN3OS/c24-16-12-10-14(11-13-16)19-21-20(17-8-4-5-9-18(17)25-19)26-23(29-21)27-22(28)15-6-2-1-3-7-15/h1-13H,(H,26,27,28). The first kappa shape index (κ1) is 17.5. The van der Waals surface area contributed by atoms with E-state index in [2.05, 4.69) is 10.3 Å². The molecule has 0 aliphatic carbocycles. The predicted octanol–water partition coefficient (Wildman–Crippen LogP) is 5.90. The van der Waals surface area contributed by atoms with Crippen molar-refractivity contribution in [2.45, 2.75) is 0 Å². The number of benzene rings is 3. The summed E-state index contributed by atoms with van der Waals surface area (Å²) in [5.74, 6) is -0.517. The average Bonchev–Trinajstić information content (AvgIpc) is 3.18. The first-order valence-corrected chi connectivity index (χ1v) is 9.82. The molecule has 0 fully saturated rings. The molecule has 3 aromatic carbocycles. The summed E-state index contributed by atoms with van der Waals surface area (Å²) in [5.41, 5.74) is 3.64. The van der Waals surface area contributed by atoms with E-state index in [1.807, 2.05) is 42.5 Å². The number of halogens is 1. The number of thiazole rings is 1. The Bertz CT molecular complexity index is 1350. The van der Waals surface area contributed by atoms with Gasteiger partial charge in [-0.2, -0.15) is 0 Å². The average molecular weight is 399 g/mol. The molecule has 0 aliphatic heterocycles. The Morgan fingerprint density at radius 2 is 1.59 bits per heavy atom. The number of anilines is 1. The molecule has 0 saturated heterocycles. The molecule has 1 N–H and O–H groups in total. The Morgan fingerprint density at radius 3 is 2.38 bits per heavy atom. The lowest BCUT2D eigenvalue weighted by molar-refractivity contribution is 0.102. The van der Waals surface area contributed by atoms with E-state index in [0.717, 1.165) is 32.4 Å². The van der Waals surface area contributed by atoms with Crippen molar-refractivity contribution in [1.29, 1.82) is 0 Å². The molecule has 29 heavy (non-hydrogen) atoms. The molecule has 6 heteroatoms. The zero-order valence-corrected chi connectivity index (χ0v) is 15.9. The summed E-state index contributed by atoms with van der Waals surface area (Å²) < 4.78 is 14.2. The summed E-state index contributed by atoms with van der Waals surface area (Å²) in [7, 11) is 0. The second-order valence-corrected chi connectivity index (χ2v) is 7.50. The van der Waals surface area contributed by atoms with Crippen molar-refractivity contribution in [2.75, 3.05) is 5.32 Å². The molecule has 0 unspecified atom stereocenters. The van der Waals surface area contributed by atoms with Crippen LogP contribution in [0.5, 0.6) is 0 Å². The maximum absolute atomic E-state index is 13.4. The summed E-state index contributed by atoms with van der Waals surface area (Å²) in [6.07, 6.45) is 0. The number of hydrogen-bond donors (Lipinski definition) is 1. The highest BCUT2D eigenvalue weighted by Gasteiger charge is 2.17. The lowest BCUT2D eigenvalue weighted by Gasteiger charge is -2.05. The summed E-state index contributed by atoms with van der Waals surface area (Å²) >= 11 is 1.36. The summed E-state index contributed by atoms with van der Waals surface area (Å²) in [4.78, 5) is 22.0. The van der Waals surface area contributed by atoms with E-state index in [1.165, 1.54) is 23.5 Å². The second-order valence-electron chi connectivity index (χ2n) is 6.50. The van der Waals surface area contributed by atoms with E-state index in [0.29, 0.717) is 10.7 Å². The summed E-state index contributed by atoms with van der Waals surface area (Å²) in [5, 5.41) is 4.28. The van der Waals surface area contributed by atoms with Crippen LogP contribution in [0, 0.1) is 5.82 Å². The van der Waals surface area contributed by atoms with Gasteiger partial charge in [0.25, 0.3) is 5.91 Å². The maximum atomic E-state index is 13.4. The predicted molar refractivity (Wildman–Crippen MR) is 115 cm³/mol. The van der Waals surface area contributed by atoms with E-state index in [4.69, 9.17) is 4.98 Å². The van der Waals surface area contributed by atoms with Crippen LogP contribution in [0.15, 0.2) is 78.9 Å². The number of amides is 1. The van der Waals surface area contributed by atoms with Gasteiger partial charge in [-0.05, 0) is 42.5 Å². The molecule has 0 atom stereocenters. The number of carbonyl (C=O) groups is 1. The Kier molecular flexibility index (Phi) is 4.26. The van der Waals surface area contributed by atoms with Crippen LogP contribution in [-0.2, 0) is 0 Å². The monoisotopic (exact) mass is 399 g/mol. The molecule has 2 heterocycles. The third kappa shape index (κ3) is 3.23. The van der Waals surface area contributed by atoms with E-state index in [9.17, 15) is 9.18 Å². The van der Waals surface area contributed by atoms with E-state index in [-0.39, 0.29) is 11.7 Å². The molecule has 0 spiro atoms. The Labute approximate surface area is 169 Å². The molecule has 140 valence electrons. The Morgan fingerprint density at radius 1 is 0.862 bits per heavy atom. The number of hydrogen-bond acceptors (Lipinski definition) is 4. The summed E-state index contributed by atoms with van der Waals surface area (Å²) in [6, 6.07) is 23.0. The second kappa shape index (κ2) is 7.07. The van der Waals surface area contributed by atoms with Gasteiger partial charge in [0.15, 0.2) is 5.13 Å². The highest BCUT2D eigenvalue weighted by molar-refractivity contribution is 7.23. The smallest absolute Gasteiger partial charge is 0.257 e. The van der Waals surface area contributed by atoms with Crippen LogP contribution in [-0.4, -0.2) is 15.9 Å². The number of nitrogens with one attached hydrogen (secondary N) is 1. The van der Waals surface area contributed by atoms with Gasteiger partial charge in [-0.3, -0.25) is 10.1 Å². The molecule has 1 amide bonds. The molecule has 2 aromatic heterocycles. The normalized spacial score (nSPS) is 11.1. The van der Waals surface area contributed by atoms with Crippen LogP contribution in [0.2, 0.25) is 0 Å². The van der Waals surface area contributed by atoms with Crippen LogP contribution in [0.4, 0.5) is 9.52 Å². The van der Waals surface area contributed by atoms with Crippen molar-refractivity contribution in [3.63, 3.8) is 0 Å². The van der Waals surface area contributed by atoms with Crippen LogP contribution in [0.25, 0.3) is 32.4 Å². The molecule has 5 rings (SSSR count). The third-order valence-corrected chi connectivity index (χ3v) is 5.59. The van der Waals surface area contributed by atoms with Crippen molar-refractivity contribution in [2.24, 2.45) is 0 Å². The van der Waals surface area contributed by atoms with Crippen LogP contribution in [0.1, 0.15) is 10.4 Å². The van der Waals surface area contributed by atoms with Gasteiger partial charge in [0.2, 0.25) is 0 Å². The van der Waals surface area contributed by atoms with E-state index in [1.54, 1.807) is 24.3 Å². The summed E-state index contributed by atoms with van der Waals surface area (Å²) in [6.45, 7) is 0. The fourth-order valence-corrected chi connectivity index (χ4v) is 4.21. The number of aromatic nitrogens is 2. The van der Waals surface area contributed by atoms with Gasteiger partial charge in [-0.25, -0.2) is 14.4 Å². The number of carbonyl (C=O) groups excluding carboxylic acids is 1. The van der Waals surface area contributed by atoms with Crippen LogP contribution < -0.4 is 5.32 Å². The third-order valence-electron chi connectivity index (χ3n) is 4.61. The highest BCUT2D eigenvalue weighted by atomic mass is 32.1. The fraction of sp³-hybridized carbons (Fsp3) is 0. The van der Waals surface area contributed by atoms with Gasteiger partial charge in [0, 0.05) is 16.5 Å². The maximum Gasteiger partial charge on any atom is 0.257 e. The Balaban J connectivity index is 1.67. The van der Waals surface area contributed by atoms with Gasteiger partial charge >= 0.3 is 0 Å². The lowest BCUT2D eigenvalue weighted by Crippen LogP contribution is -2.11. The van der Waals surface area contributed by atoms with Gasteiger partial charge < -0.3 is 0 Å². The van der Waals surface area contributed by atoms with Crippen molar-refractivity contribution in [3.05, 3.63) is 90.2 Å². The zero-order chi connectivity index (χ0) is 19.8. The molecule has 5 aromatic rings. The SMILES string of the molecule is O=C(Nc1nc2c(s1)c(-c1ccc(F)cc1)nc1ccccc12)c1ccccc1. The van der Waals surface area contributed by atoms with Gasteiger partial charge in [0.1, 0.15) is 5.82 Å². The van der Waals surface area contributed by atoms with Gasteiger partial charge in [-0.1, -0.05) is 47.7 Å². The molecular formula is C23H14FN3OS. The first-order valence-electron chi connectivity index (χ1n) is 9.01. The minimum Gasteiger partial charge on any atom is -0.298 e. The van der Waals surface area contributed by atoms with Crippen molar-refractivity contribution in [1.82, 2.24) is 9.97 Å². The van der Waals surface area contributed by atoms with Gasteiger partial charge in [-0.15, -0.1) is 0 Å². The first-order chi connectivity index (χ1) is 14.2. The zero-order valence-electron chi connectivity index (χ0n) is 15.1. The fourth-order valence-electron chi connectivity index (χ4n) is 3.22. The molecule has 0 aliphatic rings. The number of fused-ring (bicyclic) bond motifs is 3. The number of para-hydroxylation sites is 1. The van der Waals surface area contributed by atoms with Crippen molar-refractivity contribution < 1.29 is 9.18 Å². The molecular weight excluding hydrogens is 385 g/mol. The minimum atomic E-state index is -0.300. The molecule has 0 saturated carbocycles. The largest absolute Gasteiger partial charge is 0.298 e. The Hall–Kier alpha value is -3.64. The van der Waals surface area contributed by atoms with Crippen molar-refractivity contribution >= 4 is 43.5 Å². The topological polar surface area (TPSA) is 54.9 Å². The van der Waals surface area contributed by atoms with E-state index >= 15 is 0 Å². The number of rotatable bonds is 3. The molecule has 0 radical (unpaired) electrons. The highest BCUT2D eigenvalue weighted by Crippen LogP contribution is 2.37.